The number of benzene rings is 1. The van der Waals surface area contributed by atoms with Crippen LogP contribution in [0.15, 0.2) is 36.7 Å². The largest absolute Gasteiger partial charge is 0.496 e. The molecule has 1 N–H and O–H groups in total. The summed E-state index contributed by atoms with van der Waals surface area (Å²) in [6.07, 6.45) is 8.85. The predicted molar refractivity (Wildman–Crippen MR) is 136 cm³/mol. The van der Waals surface area contributed by atoms with Crippen LogP contribution in [0, 0.1) is 5.92 Å². The van der Waals surface area contributed by atoms with Crippen molar-refractivity contribution in [2.45, 2.75) is 77.9 Å². The standard InChI is InChI=1S/C24H25F2N3O3.C4H10/c1-3-24(7-8-24)15-6-9-29-17(13-27-20(29)12-15)14-10-18(31-2)21(19(11-14)32-23(25)26)22(30)28-16-4-5-16;1-4(2)3/h6,9-13,16,23H,3-5,7-8H2,1-2H3,(H,28,30);4H,1-3H3. The first kappa shape index (κ1) is 25.9. The molecule has 8 heteroatoms. The van der Waals surface area contributed by atoms with E-state index in [2.05, 4.69) is 50.1 Å². The van der Waals surface area contributed by atoms with E-state index >= 15 is 0 Å². The van der Waals surface area contributed by atoms with Gasteiger partial charge < -0.3 is 14.8 Å². The van der Waals surface area contributed by atoms with Gasteiger partial charge in [0.15, 0.2) is 0 Å². The summed E-state index contributed by atoms with van der Waals surface area (Å²) in [5.74, 6) is 0.302. The van der Waals surface area contributed by atoms with Crippen LogP contribution < -0.4 is 14.8 Å². The summed E-state index contributed by atoms with van der Waals surface area (Å²) < 4.78 is 38.4. The average Bonchev–Trinajstić information content (AvgIpc) is 3.75. The van der Waals surface area contributed by atoms with Gasteiger partial charge in [-0.2, -0.15) is 8.78 Å². The van der Waals surface area contributed by atoms with Crippen LogP contribution in [0.25, 0.3) is 16.9 Å². The number of carbonyl (C=O) groups excluding carboxylic acids is 1. The molecule has 0 spiro atoms. The number of nitrogens with one attached hydrogen (secondary N) is 1. The van der Waals surface area contributed by atoms with Crippen molar-refractivity contribution in [3.63, 3.8) is 0 Å². The maximum atomic E-state index is 13.2. The second-order valence-electron chi connectivity index (χ2n) is 10.3. The SMILES string of the molecule is CC(C)C.CCC1(c2ccn3c(-c4cc(OC)c(C(=O)NC5CC5)c(OC(F)F)c4)cnc3c2)CC1. The maximum Gasteiger partial charge on any atom is 0.387 e. The van der Waals surface area contributed by atoms with Gasteiger partial charge in [-0.1, -0.05) is 27.7 Å². The number of imidazole rings is 1. The van der Waals surface area contributed by atoms with Crippen molar-refractivity contribution in [1.29, 1.82) is 0 Å². The number of ether oxygens (including phenoxy) is 2. The monoisotopic (exact) mass is 499 g/mol. The normalized spacial score (nSPS) is 16.0. The number of carbonyl (C=O) groups is 1. The van der Waals surface area contributed by atoms with E-state index in [1.54, 1.807) is 12.3 Å². The summed E-state index contributed by atoms with van der Waals surface area (Å²) >= 11 is 0. The van der Waals surface area contributed by atoms with Gasteiger partial charge in [-0.05, 0) is 73.3 Å². The van der Waals surface area contributed by atoms with Crippen LogP contribution in [-0.4, -0.2) is 35.1 Å². The molecule has 2 aromatic heterocycles. The summed E-state index contributed by atoms with van der Waals surface area (Å²) in [4.78, 5) is 17.3. The zero-order valence-electron chi connectivity index (χ0n) is 21.6. The Labute approximate surface area is 211 Å². The summed E-state index contributed by atoms with van der Waals surface area (Å²) in [6.45, 7) is 5.63. The van der Waals surface area contributed by atoms with Gasteiger partial charge >= 0.3 is 6.61 Å². The summed E-state index contributed by atoms with van der Waals surface area (Å²) in [5.41, 5.74) is 3.54. The van der Waals surface area contributed by atoms with Gasteiger partial charge in [-0.15, -0.1) is 0 Å². The van der Waals surface area contributed by atoms with Gasteiger partial charge in [0, 0.05) is 17.8 Å². The number of alkyl halides is 2. The Bertz CT molecular complexity index is 1230. The van der Waals surface area contributed by atoms with Crippen molar-refractivity contribution < 1.29 is 23.0 Å². The van der Waals surface area contributed by atoms with Gasteiger partial charge in [0.1, 0.15) is 22.7 Å². The molecule has 1 amide bonds. The Morgan fingerprint density at radius 3 is 2.42 bits per heavy atom. The van der Waals surface area contributed by atoms with Gasteiger partial charge in [-0.3, -0.25) is 9.20 Å². The van der Waals surface area contributed by atoms with E-state index in [1.807, 2.05) is 10.6 Å². The van der Waals surface area contributed by atoms with Gasteiger partial charge in [0.2, 0.25) is 0 Å². The highest BCUT2D eigenvalue weighted by atomic mass is 19.3. The Kier molecular flexibility index (Phi) is 7.52. The lowest BCUT2D eigenvalue weighted by Gasteiger charge is -2.17. The number of halogens is 2. The molecule has 0 unspecified atom stereocenters. The molecule has 0 radical (unpaired) electrons. The third-order valence-corrected chi connectivity index (χ3v) is 6.59. The molecule has 1 aromatic carbocycles. The van der Waals surface area contributed by atoms with E-state index in [1.165, 1.54) is 31.6 Å². The second kappa shape index (κ2) is 10.4. The smallest absolute Gasteiger partial charge is 0.387 e. The molecule has 2 saturated carbocycles. The van der Waals surface area contributed by atoms with Crippen molar-refractivity contribution in [1.82, 2.24) is 14.7 Å². The molecule has 2 heterocycles. The van der Waals surface area contributed by atoms with Crippen LogP contribution in [-0.2, 0) is 5.41 Å². The van der Waals surface area contributed by atoms with E-state index in [0.717, 1.165) is 30.8 Å². The van der Waals surface area contributed by atoms with Crippen molar-refractivity contribution in [2.24, 2.45) is 5.92 Å². The Morgan fingerprint density at radius 2 is 1.86 bits per heavy atom. The molecule has 2 aliphatic rings. The number of nitrogens with zero attached hydrogens (tertiary/aromatic N) is 2. The maximum absolute atomic E-state index is 13.2. The number of hydrogen-bond acceptors (Lipinski definition) is 4. The number of rotatable bonds is 8. The van der Waals surface area contributed by atoms with Gasteiger partial charge in [0.05, 0.1) is 19.0 Å². The Balaban J connectivity index is 0.000000709. The Hall–Kier alpha value is -3.16. The Morgan fingerprint density at radius 1 is 1.19 bits per heavy atom. The fourth-order valence-electron chi connectivity index (χ4n) is 4.32. The third kappa shape index (κ3) is 5.63. The van der Waals surface area contributed by atoms with Crippen LogP contribution >= 0.6 is 0 Å². The number of fused-ring (bicyclic) bond motifs is 1. The van der Waals surface area contributed by atoms with Crippen molar-refractivity contribution in [3.05, 3.63) is 47.8 Å². The van der Waals surface area contributed by atoms with Crippen LogP contribution in [0.5, 0.6) is 11.5 Å². The fraction of sp³-hybridized carbons (Fsp3) is 0.500. The summed E-state index contributed by atoms with van der Waals surface area (Å²) in [5, 5.41) is 2.81. The highest BCUT2D eigenvalue weighted by Gasteiger charge is 2.42. The van der Waals surface area contributed by atoms with Crippen LogP contribution in [0.3, 0.4) is 0 Å². The number of pyridine rings is 1. The molecule has 194 valence electrons. The lowest BCUT2D eigenvalue weighted by atomic mass is 9.94. The number of aromatic nitrogens is 2. The molecular formula is C28H35F2N3O3. The molecule has 36 heavy (non-hydrogen) atoms. The van der Waals surface area contributed by atoms with Crippen LogP contribution in [0.2, 0.25) is 0 Å². The molecule has 6 nitrogen and oxygen atoms in total. The zero-order valence-corrected chi connectivity index (χ0v) is 21.6. The van der Waals surface area contributed by atoms with E-state index in [4.69, 9.17) is 9.47 Å². The second-order valence-corrected chi connectivity index (χ2v) is 10.3. The van der Waals surface area contributed by atoms with Crippen LogP contribution in [0.1, 0.15) is 75.7 Å². The molecular weight excluding hydrogens is 464 g/mol. The molecule has 3 aromatic rings. The molecule has 2 aliphatic carbocycles. The van der Waals surface area contributed by atoms with Crippen molar-refractivity contribution >= 4 is 11.6 Å². The van der Waals surface area contributed by atoms with Crippen molar-refractivity contribution in [3.8, 4) is 22.8 Å². The first-order chi connectivity index (χ1) is 17.2. The zero-order chi connectivity index (χ0) is 26.0. The fourth-order valence-corrected chi connectivity index (χ4v) is 4.32. The molecule has 0 atom stereocenters. The van der Waals surface area contributed by atoms with E-state index in [-0.39, 0.29) is 28.5 Å². The highest BCUT2D eigenvalue weighted by molar-refractivity contribution is 6.01. The molecule has 0 aliphatic heterocycles. The molecule has 2 fully saturated rings. The number of amides is 1. The lowest BCUT2D eigenvalue weighted by molar-refractivity contribution is -0.0502. The molecule has 0 saturated heterocycles. The quantitative estimate of drug-likeness (QED) is 0.379. The first-order valence-corrected chi connectivity index (χ1v) is 12.6. The first-order valence-electron chi connectivity index (χ1n) is 12.6. The average molecular weight is 500 g/mol. The number of methoxy groups -OCH3 is 1. The number of hydrogen-bond donors (Lipinski definition) is 1. The third-order valence-electron chi connectivity index (χ3n) is 6.59. The van der Waals surface area contributed by atoms with Gasteiger partial charge in [-0.25, -0.2) is 4.98 Å². The van der Waals surface area contributed by atoms with E-state index in [0.29, 0.717) is 11.3 Å². The van der Waals surface area contributed by atoms with E-state index < -0.39 is 12.5 Å². The van der Waals surface area contributed by atoms with Crippen molar-refractivity contribution in [2.75, 3.05) is 7.11 Å². The minimum atomic E-state index is -3.07. The molecule has 5 rings (SSSR count). The molecule has 0 bridgehead atoms. The highest BCUT2D eigenvalue weighted by Crippen LogP contribution is 2.51. The predicted octanol–water partition coefficient (Wildman–Crippen LogP) is 6.61. The summed E-state index contributed by atoms with van der Waals surface area (Å²) in [7, 11) is 1.40. The topological polar surface area (TPSA) is 64.9 Å². The summed E-state index contributed by atoms with van der Waals surface area (Å²) in [6, 6.07) is 7.36. The minimum absolute atomic E-state index is 0.0295. The minimum Gasteiger partial charge on any atom is -0.496 e. The lowest BCUT2D eigenvalue weighted by Crippen LogP contribution is -2.26. The van der Waals surface area contributed by atoms with Gasteiger partial charge in [0.25, 0.3) is 5.91 Å². The van der Waals surface area contributed by atoms with E-state index in [9.17, 15) is 13.6 Å². The van der Waals surface area contributed by atoms with Crippen LogP contribution in [0.4, 0.5) is 8.78 Å².